The van der Waals surface area contributed by atoms with Crippen LogP contribution in [0.15, 0.2) is 42.5 Å². The second-order valence-corrected chi connectivity index (χ2v) is 5.12. The maximum absolute atomic E-state index is 11.4. The normalized spacial score (nSPS) is 9.55. The average Bonchev–Trinajstić information content (AvgIpc) is 2.46. The number of rotatable bonds is 1. The minimum atomic E-state index is -0.0877. The zero-order valence-corrected chi connectivity index (χ0v) is 12.7. The van der Waals surface area contributed by atoms with Crippen molar-refractivity contribution in [2.24, 2.45) is 0 Å². The lowest BCUT2D eigenvalue weighted by Crippen LogP contribution is -2.17. The number of aryl methyl sites for hydroxylation is 1. The predicted molar refractivity (Wildman–Crippen MR) is 86.3 cm³/mol. The zero-order chi connectivity index (χ0) is 14.5. The van der Waals surface area contributed by atoms with Gasteiger partial charge in [0.1, 0.15) is 0 Å². The van der Waals surface area contributed by atoms with E-state index >= 15 is 0 Å². The predicted octanol–water partition coefficient (Wildman–Crippen LogP) is 2.25. The topological polar surface area (TPSA) is 29.1 Å². The van der Waals surface area contributed by atoms with Crippen LogP contribution in [-0.2, 0) is 0 Å². The van der Waals surface area contributed by atoms with Gasteiger partial charge < -0.3 is 5.32 Å². The largest absolute Gasteiger partial charge is 0.355 e. The Balaban J connectivity index is 2.22. The lowest BCUT2D eigenvalue weighted by atomic mass is 10.1. The summed E-state index contributed by atoms with van der Waals surface area (Å²) in [5.41, 5.74) is 3.74. The van der Waals surface area contributed by atoms with E-state index in [-0.39, 0.29) is 5.91 Å². The molecule has 0 aliphatic carbocycles. The molecule has 0 radical (unpaired) electrons. The van der Waals surface area contributed by atoms with Crippen LogP contribution in [0.25, 0.3) is 0 Å². The van der Waals surface area contributed by atoms with E-state index in [1.54, 1.807) is 19.2 Å². The summed E-state index contributed by atoms with van der Waals surface area (Å²) in [6, 6.07) is 13.4. The van der Waals surface area contributed by atoms with Crippen LogP contribution in [0, 0.1) is 18.8 Å². The molecule has 0 saturated heterocycles. The minimum absolute atomic E-state index is 0.0877. The zero-order valence-electron chi connectivity index (χ0n) is 11.5. The van der Waals surface area contributed by atoms with Gasteiger partial charge in [0.15, 0.2) is 0 Å². The summed E-state index contributed by atoms with van der Waals surface area (Å²) < 4.78 is 0. The van der Waals surface area contributed by atoms with Crippen molar-refractivity contribution in [1.82, 2.24) is 5.32 Å². The van der Waals surface area contributed by atoms with Crippen molar-refractivity contribution in [1.29, 1.82) is 0 Å². The van der Waals surface area contributed by atoms with Gasteiger partial charge in [-0.3, -0.25) is 4.79 Å². The van der Waals surface area contributed by atoms with Gasteiger partial charge in [-0.25, -0.2) is 0 Å². The molecule has 0 bridgehead atoms. The summed E-state index contributed by atoms with van der Waals surface area (Å²) >= 11 is 0. The SMILES string of the molecule is CNC(=O)c1ccc(C#Cc2ccc(C)cc2P)cc1. The van der Waals surface area contributed by atoms with Crippen LogP contribution in [0.1, 0.15) is 27.0 Å². The summed E-state index contributed by atoms with van der Waals surface area (Å²) in [7, 11) is 4.32. The molecule has 0 heterocycles. The Labute approximate surface area is 121 Å². The van der Waals surface area contributed by atoms with Gasteiger partial charge in [-0.05, 0) is 42.6 Å². The molecular formula is C17H16NOP. The van der Waals surface area contributed by atoms with Gasteiger partial charge in [0.2, 0.25) is 0 Å². The van der Waals surface area contributed by atoms with Crippen LogP contribution in [0.4, 0.5) is 0 Å². The monoisotopic (exact) mass is 281 g/mol. The van der Waals surface area contributed by atoms with E-state index in [4.69, 9.17) is 0 Å². The Hall–Kier alpha value is -2.10. The van der Waals surface area contributed by atoms with Crippen molar-refractivity contribution in [3.05, 3.63) is 64.7 Å². The maximum Gasteiger partial charge on any atom is 0.251 e. The molecule has 1 N–H and O–H groups in total. The summed E-state index contributed by atoms with van der Waals surface area (Å²) in [6.45, 7) is 2.06. The van der Waals surface area contributed by atoms with E-state index in [0.29, 0.717) is 5.56 Å². The number of carbonyl (C=O) groups excluding carboxylic acids is 1. The van der Waals surface area contributed by atoms with Crippen molar-refractivity contribution < 1.29 is 4.79 Å². The van der Waals surface area contributed by atoms with E-state index in [0.717, 1.165) is 16.4 Å². The number of nitrogens with one attached hydrogen (secondary N) is 1. The van der Waals surface area contributed by atoms with Gasteiger partial charge in [-0.1, -0.05) is 29.5 Å². The van der Waals surface area contributed by atoms with Crippen LogP contribution in [0.5, 0.6) is 0 Å². The number of amides is 1. The molecule has 0 aromatic heterocycles. The summed E-state index contributed by atoms with van der Waals surface area (Å²) in [5.74, 6) is 6.17. The third-order valence-corrected chi connectivity index (χ3v) is 3.40. The Morgan fingerprint density at radius 3 is 2.40 bits per heavy atom. The van der Waals surface area contributed by atoms with Crippen molar-refractivity contribution >= 4 is 20.5 Å². The molecule has 0 saturated carbocycles. The van der Waals surface area contributed by atoms with Crippen molar-refractivity contribution in [2.75, 3.05) is 7.05 Å². The summed E-state index contributed by atoms with van der Waals surface area (Å²) in [5, 5.41) is 3.69. The number of hydrogen-bond acceptors (Lipinski definition) is 1. The smallest absolute Gasteiger partial charge is 0.251 e. The van der Waals surface area contributed by atoms with E-state index in [2.05, 4.69) is 39.4 Å². The molecule has 2 nitrogen and oxygen atoms in total. The highest BCUT2D eigenvalue weighted by molar-refractivity contribution is 7.27. The lowest BCUT2D eigenvalue weighted by molar-refractivity contribution is 0.0963. The first-order valence-electron chi connectivity index (χ1n) is 6.30. The van der Waals surface area contributed by atoms with Gasteiger partial charge >= 0.3 is 0 Å². The molecule has 20 heavy (non-hydrogen) atoms. The summed E-state index contributed by atoms with van der Waals surface area (Å²) in [6.07, 6.45) is 0. The molecule has 2 aromatic carbocycles. The van der Waals surface area contributed by atoms with Gasteiger partial charge in [-0.2, -0.15) is 0 Å². The minimum Gasteiger partial charge on any atom is -0.355 e. The molecule has 100 valence electrons. The number of hydrogen-bond donors (Lipinski definition) is 1. The van der Waals surface area contributed by atoms with Crippen LogP contribution in [0.2, 0.25) is 0 Å². The van der Waals surface area contributed by atoms with Crippen LogP contribution >= 0.6 is 9.24 Å². The molecular weight excluding hydrogens is 265 g/mol. The molecule has 0 fully saturated rings. The fraction of sp³-hybridized carbons (Fsp3) is 0.118. The second kappa shape index (κ2) is 6.37. The highest BCUT2D eigenvalue weighted by Crippen LogP contribution is 2.06. The highest BCUT2D eigenvalue weighted by Gasteiger charge is 2.01. The van der Waals surface area contributed by atoms with Crippen LogP contribution < -0.4 is 10.6 Å². The number of carbonyl (C=O) groups is 1. The van der Waals surface area contributed by atoms with Gasteiger partial charge in [0, 0.05) is 23.7 Å². The molecule has 1 amide bonds. The van der Waals surface area contributed by atoms with E-state index in [1.165, 1.54) is 5.56 Å². The Bertz CT molecular complexity index is 693. The second-order valence-electron chi connectivity index (χ2n) is 4.50. The standard InChI is InChI=1S/C17H16NOP/c1-12-3-7-14(16(20)11-12)8-4-13-5-9-15(10-6-13)17(19)18-2/h3,5-7,9-11H,20H2,1-2H3,(H,18,19). The van der Waals surface area contributed by atoms with Crippen molar-refractivity contribution in [2.45, 2.75) is 6.92 Å². The van der Waals surface area contributed by atoms with Gasteiger partial charge in [0.25, 0.3) is 5.91 Å². The van der Waals surface area contributed by atoms with E-state index in [1.807, 2.05) is 24.3 Å². The van der Waals surface area contributed by atoms with Crippen LogP contribution in [0.3, 0.4) is 0 Å². The van der Waals surface area contributed by atoms with Crippen molar-refractivity contribution in [3.63, 3.8) is 0 Å². The molecule has 2 rings (SSSR count). The molecule has 3 heteroatoms. The Morgan fingerprint density at radius 1 is 1.10 bits per heavy atom. The molecule has 0 aliphatic rings. The van der Waals surface area contributed by atoms with Crippen molar-refractivity contribution in [3.8, 4) is 11.8 Å². The molecule has 1 unspecified atom stereocenters. The first kappa shape index (κ1) is 14.3. The number of benzene rings is 2. The van der Waals surface area contributed by atoms with E-state index < -0.39 is 0 Å². The third kappa shape index (κ3) is 3.47. The average molecular weight is 281 g/mol. The van der Waals surface area contributed by atoms with Gasteiger partial charge in [0.05, 0.1) is 0 Å². The first-order valence-corrected chi connectivity index (χ1v) is 6.88. The molecule has 2 aromatic rings. The quantitative estimate of drug-likeness (QED) is 0.630. The van der Waals surface area contributed by atoms with Gasteiger partial charge in [-0.15, -0.1) is 9.24 Å². The Kier molecular flexibility index (Phi) is 4.56. The molecule has 0 aliphatic heterocycles. The third-order valence-electron chi connectivity index (χ3n) is 2.92. The summed E-state index contributed by atoms with van der Waals surface area (Å²) in [4.78, 5) is 11.4. The highest BCUT2D eigenvalue weighted by atomic mass is 31.0. The van der Waals surface area contributed by atoms with E-state index in [9.17, 15) is 4.79 Å². The fourth-order valence-electron chi connectivity index (χ4n) is 1.78. The maximum atomic E-state index is 11.4. The Morgan fingerprint density at radius 2 is 1.80 bits per heavy atom. The lowest BCUT2D eigenvalue weighted by Gasteiger charge is -2.00. The van der Waals surface area contributed by atoms with Crippen LogP contribution in [-0.4, -0.2) is 13.0 Å². The molecule has 1 atom stereocenters. The fourth-order valence-corrected chi connectivity index (χ4v) is 2.22. The molecule has 0 spiro atoms. The first-order chi connectivity index (χ1) is 9.60.